The minimum absolute atomic E-state index is 0.171. The van der Waals surface area contributed by atoms with Crippen LogP contribution in [-0.2, 0) is 5.75 Å². The summed E-state index contributed by atoms with van der Waals surface area (Å²) in [6.07, 6.45) is -3.00. The molecular formula is C9H8F4S2. The number of hydrogen-bond donors (Lipinski definition) is 0. The van der Waals surface area contributed by atoms with Crippen LogP contribution < -0.4 is 0 Å². The van der Waals surface area contributed by atoms with Crippen molar-refractivity contribution in [1.29, 1.82) is 0 Å². The highest BCUT2D eigenvalue weighted by molar-refractivity contribution is 8.76. The predicted octanol–water partition coefficient (Wildman–Crippen LogP) is 4.27. The lowest BCUT2D eigenvalue weighted by Crippen LogP contribution is -2.04. The molecule has 0 aliphatic carbocycles. The van der Waals surface area contributed by atoms with Crippen molar-refractivity contribution in [3.05, 3.63) is 35.6 Å². The summed E-state index contributed by atoms with van der Waals surface area (Å²) in [5, 5.41) is 0. The monoisotopic (exact) mass is 256 g/mol. The molecule has 84 valence electrons. The summed E-state index contributed by atoms with van der Waals surface area (Å²) in [5.41, 5.74) is -1.83. The fourth-order valence-electron chi connectivity index (χ4n) is 0.820. The van der Waals surface area contributed by atoms with E-state index in [9.17, 15) is 17.6 Å². The lowest BCUT2D eigenvalue weighted by molar-refractivity contribution is 0.0960. The van der Waals surface area contributed by atoms with E-state index in [0.29, 0.717) is 16.4 Å². The highest BCUT2D eigenvalue weighted by Crippen LogP contribution is 2.34. The largest absolute Gasteiger partial charge is 0.279 e. The van der Waals surface area contributed by atoms with Gasteiger partial charge in [-0.2, -0.15) is 0 Å². The molecule has 0 nitrogen and oxygen atoms in total. The van der Waals surface area contributed by atoms with E-state index in [1.54, 1.807) is 12.1 Å². The molecule has 15 heavy (non-hydrogen) atoms. The molecule has 0 aliphatic rings. The van der Waals surface area contributed by atoms with E-state index >= 15 is 0 Å². The van der Waals surface area contributed by atoms with Crippen molar-refractivity contribution in [3.63, 3.8) is 0 Å². The summed E-state index contributed by atoms with van der Waals surface area (Å²) in [4.78, 5) is 0. The summed E-state index contributed by atoms with van der Waals surface area (Å²) >= 11 is 0. The van der Waals surface area contributed by atoms with Crippen LogP contribution in [0.1, 0.15) is 5.56 Å². The highest BCUT2D eigenvalue weighted by atomic mass is 33.1. The molecule has 1 rings (SSSR count). The zero-order valence-electron chi connectivity index (χ0n) is 7.50. The lowest BCUT2D eigenvalue weighted by atomic mass is 10.2. The van der Waals surface area contributed by atoms with Crippen molar-refractivity contribution in [2.45, 2.75) is 17.7 Å². The Balaban J connectivity index is 2.35. The Kier molecular flexibility index (Phi) is 5.31. The SMILES string of the molecule is Fc1ccccc1CSSC(F)C(F)F. The number of rotatable bonds is 5. The van der Waals surface area contributed by atoms with Gasteiger partial charge in [0.15, 0.2) is 0 Å². The van der Waals surface area contributed by atoms with E-state index in [2.05, 4.69) is 0 Å². The number of hydrogen-bond acceptors (Lipinski definition) is 2. The maximum absolute atomic E-state index is 13.0. The van der Waals surface area contributed by atoms with Crippen LogP contribution in [0.4, 0.5) is 17.6 Å². The lowest BCUT2D eigenvalue weighted by Gasteiger charge is -2.06. The maximum atomic E-state index is 13.0. The van der Waals surface area contributed by atoms with Gasteiger partial charge in [0.2, 0.25) is 5.50 Å². The smallest absolute Gasteiger partial charge is 0.228 e. The quantitative estimate of drug-likeness (QED) is 0.570. The normalized spacial score (nSPS) is 13.1. The van der Waals surface area contributed by atoms with Crippen molar-refractivity contribution in [1.82, 2.24) is 0 Å². The van der Waals surface area contributed by atoms with Crippen molar-refractivity contribution in [2.24, 2.45) is 0 Å². The summed E-state index contributed by atoms with van der Waals surface area (Å²) in [7, 11) is 1.30. The Bertz CT molecular complexity index is 306. The maximum Gasteiger partial charge on any atom is 0.279 e. The first-order chi connectivity index (χ1) is 7.11. The summed E-state index contributed by atoms with van der Waals surface area (Å²) < 4.78 is 48.9. The molecule has 0 N–H and O–H groups in total. The van der Waals surface area contributed by atoms with E-state index < -0.39 is 17.7 Å². The van der Waals surface area contributed by atoms with Gasteiger partial charge in [0, 0.05) is 5.75 Å². The molecule has 0 aliphatic heterocycles. The highest BCUT2D eigenvalue weighted by Gasteiger charge is 2.19. The van der Waals surface area contributed by atoms with Gasteiger partial charge in [-0.25, -0.2) is 17.6 Å². The molecule has 1 unspecified atom stereocenters. The molecule has 0 spiro atoms. The zero-order valence-corrected chi connectivity index (χ0v) is 9.13. The minimum Gasteiger partial charge on any atom is -0.228 e. The van der Waals surface area contributed by atoms with E-state index in [0.717, 1.165) is 10.8 Å². The van der Waals surface area contributed by atoms with Gasteiger partial charge >= 0.3 is 0 Å². The second kappa shape index (κ2) is 6.27. The molecule has 0 heterocycles. The number of alkyl halides is 3. The molecule has 0 saturated heterocycles. The van der Waals surface area contributed by atoms with Gasteiger partial charge in [-0.15, -0.1) is 0 Å². The van der Waals surface area contributed by atoms with Crippen molar-refractivity contribution in [2.75, 3.05) is 0 Å². The Morgan fingerprint density at radius 3 is 2.40 bits per heavy atom. The van der Waals surface area contributed by atoms with E-state index in [4.69, 9.17) is 0 Å². The molecular weight excluding hydrogens is 248 g/mol. The standard InChI is InChI=1S/C9H8F4S2/c10-7-4-2-1-3-6(7)5-14-15-9(13)8(11)12/h1-4,8-9H,5H2. The topological polar surface area (TPSA) is 0 Å². The van der Waals surface area contributed by atoms with Gasteiger partial charge in [0.25, 0.3) is 6.43 Å². The molecule has 6 heteroatoms. The number of halogens is 4. The van der Waals surface area contributed by atoms with Crippen molar-refractivity contribution in [3.8, 4) is 0 Å². The van der Waals surface area contributed by atoms with E-state index in [1.807, 2.05) is 0 Å². The van der Waals surface area contributed by atoms with Crippen LogP contribution in [0.2, 0.25) is 0 Å². The van der Waals surface area contributed by atoms with Crippen molar-refractivity contribution >= 4 is 21.6 Å². The first-order valence-corrected chi connectivity index (χ1v) is 6.43. The first-order valence-electron chi connectivity index (χ1n) is 4.05. The third kappa shape index (κ3) is 4.34. The Labute approximate surface area is 92.8 Å². The van der Waals surface area contributed by atoms with Gasteiger partial charge in [-0.1, -0.05) is 39.8 Å². The second-order valence-electron chi connectivity index (χ2n) is 2.64. The molecule has 0 fully saturated rings. The fourth-order valence-corrected chi connectivity index (χ4v) is 2.69. The second-order valence-corrected chi connectivity index (χ2v) is 5.09. The molecule has 1 aromatic rings. The Morgan fingerprint density at radius 2 is 1.80 bits per heavy atom. The third-order valence-electron chi connectivity index (χ3n) is 1.53. The molecule has 0 aromatic heterocycles. The van der Waals surface area contributed by atoms with Gasteiger partial charge in [-0.3, -0.25) is 0 Å². The van der Waals surface area contributed by atoms with Crippen LogP contribution in [0.3, 0.4) is 0 Å². The van der Waals surface area contributed by atoms with E-state index in [-0.39, 0.29) is 5.75 Å². The zero-order chi connectivity index (χ0) is 11.3. The molecule has 0 amide bonds. The first kappa shape index (κ1) is 12.7. The average Bonchev–Trinajstić information content (AvgIpc) is 2.20. The summed E-state index contributed by atoms with van der Waals surface area (Å²) in [5.74, 6) is -0.233. The predicted molar refractivity (Wildman–Crippen MR) is 56.2 cm³/mol. The van der Waals surface area contributed by atoms with Crippen LogP contribution >= 0.6 is 21.6 Å². The molecule has 0 radical (unpaired) electrons. The van der Waals surface area contributed by atoms with Gasteiger partial charge < -0.3 is 0 Å². The molecule has 1 aromatic carbocycles. The molecule has 0 bridgehead atoms. The van der Waals surface area contributed by atoms with Crippen LogP contribution in [0.25, 0.3) is 0 Å². The summed E-state index contributed by atoms with van der Waals surface area (Å²) in [6.45, 7) is 0. The summed E-state index contributed by atoms with van der Waals surface area (Å²) in [6, 6.07) is 6.00. The van der Waals surface area contributed by atoms with Crippen LogP contribution in [-0.4, -0.2) is 11.9 Å². The molecule has 0 saturated carbocycles. The van der Waals surface area contributed by atoms with Gasteiger partial charge in [0.1, 0.15) is 5.82 Å². The Morgan fingerprint density at radius 1 is 1.13 bits per heavy atom. The van der Waals surface area contributed by atoms with Crippen LogP contribution in [0, 0.1) is 5.82 Å². The van der Waals surface area contributed by atoms with Gasteiger partial charge in [0.05, 0.1) is 0 Å². The third-order valence-corrected chi connectivity index (χ3v) is 3.80. The Hall–Kier alpha value is -0.360. The number of benzene rings is 1. The minimum atomic E-state index is -3.00. The van der Waals surface area contributed by atoms with Gasteiger partial charge in [-0.05, 0) is 11.6 Å². The average molecular weight is 256 g/mol. The fraction of sp³-hybridized carbons (Fsp3) is 0.333. The molecule has 1 atom stereocenters. The van der Waals surface area contributed by atoms with Crippen LogP contribution in [0.15, 0.2) is 24.3 Å². The van der Waals surface area contributed by atoms with Crippen molar-refractivity contribution < 1.29 is 17.6 Å². The van der Waals surface area contributed by atoms with E-state index in [1.165, 1.54) is 12.1 Å². The van der Waals surface area contributed by atoms with Crippen LogP contribution in [0.5, 0.6) is 0 Å².